The first-order valence-electron chi connectivity index (χ1n) is 10.6. The van der Waals surface area contributed by atoms with Gasteiger partial charge in [-0.1, -0.05) is 53.7 Å². The van der Waals surface area contributed by atoms with E-state index in [-0.39, 0.29) is 5.56 Å². The fourth-order valence-corrected chi connectivity index (χ4v) is 4.64. The SMILES string of the molecule is CCOCCCn1c(SCc2nccn2Cc2ccccc2)nc2cc(Cl)ccc2c1=O. The van der Waals surface area contributed by atoms with Crippen molar-refractivity contribution in [2.24, 2.45) is 0 Å². The standard InChI is InChI=1S/C24H25ClN4O2S/c1-2-31-14-6-12-29-23(30)20-10-9-19(25)15-21(20)27-24(29)32-17-22-26-11-13-28(22)16-18-7-4-3-5-8-18/h3-5,7-11,13,15H,2,6,12,14,16-17H2,1H3. The Bertz CT molecular complexity index is 1240. The molecular formula is C24H25ClN4O2S. The monoisotopic (exact) mass is 468 g/mol. The molecule has 0 unspecified atom stereocenters. The van der Waals surface area contributed by atoms with Crippen molar-refractivity contribution in [1.82, 2.24) is 19.1 Å². The van der Waals surface area contributed by atoms with Gasteiger partial charge in [0.05, 0.1) is 16.7 Å². The van der Waals surface area contributed by atoms with Crippen LogP contribution in [0.25, 0.3) is 10.9 Å². The molecule has 0 radical (unpaired) electrons. The third-order valence-corrected chi connectivity index (χ3v) is 6.29. The molecule has 0 aliphatic carbocycles. The zero-order valence-electron chi connectivity index (χ0n) is 17.9. The first kappa shape index (κ1) is 22.6. The van der Waals surface area contributed by atoms with E-state index >= 15 is 0 Å². The van der Waals surface area contributed by atoms with E-state index in [0.29, 0.717) is 46.6 Å². The molecular weight excluding hydrogens is 444 g/mol. The summed E-state index contributed by atoms with van der Waals surface area (Å²) in [5.74, 6) is 1.53. The van der Waals surface area contributed by atoms with Gasteiger partial charge in [-0.25, -0.2) is 9.97 Å². The Morgan fingerprint density at radius 1 is 1.16 bits per heavy atom. The van der Waals surface area contributed by atoms with Crippen LogP contribution in [0.1, 0.15) is 24.7 Å². The molecule has 2 aromatic carbocycles. The van der Waals surface area contributed by atoms with Crippen molar-refractivity contribution in [2.45, 2.75) is 37.3 Å². The van der Waals surface area contributed by atoms with Gasteiger partial charge in [-0.15, -0.1) is 0 Å². The molecule has 0 saturated heterocycles. The van der Waals surface area contributed by atoms with Gasteiger partial charge in [0.1, 0.15) is 5.82 Å². The Balaban J connectivity index is 1.59. The highest BCUT2D eigenvalue weighted by Gasteiger charge is 2.14. The lowest BCUT2D eigenvalue weighted by atomic mass is 10.2. The molecule has 32 heavy (non-hydrogen) atoms. The predicted octanol–water partition coefficient (Wildman–Crippen LogP) is 5.01. The lowest BCUT2D eigenvalue weighted by molar-refractivity contribution is 0.140. The summed E-state index contributed by atoms with van der Waals surface area (Å²) >= 11 is 7.66. The van der Waals surface area contributed by atoms with Gasteiger partial charge in [0.15, 0.2) is 5.16 Å². The molecule has 4 rings (SSSR count). The van der Waals surface area contributed by atoms with Crippen LogP contribution >= 0.6 is 23.4 Å². The van der Waals surface area contributed by atoms with Gasteiger partial charge < -0.3 is 9.30 Å². The third kappa shape index (κ3) is 5.41. The van der Waals surface area contributed by atoms with Crippen LogP contribution < -0.4 is 5.56 Å². The highest BCUT2D eigenvalue weighted by molar-refractivity contribution is 7.98. The lowest BCUT2D eigenvalue weighted by Crippen LogP contribution is -2.24. The summed E-state index contributed by atoms with van der Waals surface area (Å²) in [6.07, 6.45) is 4.53. The summed E-state index contributed by atoms with van der Waals surface area (Å²) in [6.45, 7) is 4.53. The molecule has 0 bridgehead atoms. The Morgan fingerprint density at radius 2 is 2.00 bits per heavy atom. The second kappa shape index (κ2) is 10.8. The number of hydrogen-bond donors (Lipinski definition) is 0. The maximum absolute atomic E-state index is 13.2. The Morgan fingerprint density at radius 3 is 2.81 bits per heavy atom. The van der Waals surface area contributed by atoms with Crippen molar-refractivity contribution in [2.75, 3.05) is 13.2 Å². The van der Waals surface area contributed by atoms with Gasteiger partial charge in [0, 0.05) is 43.7 Å². The minimum Gasteiger partial charge on any atom is -0.382 e. The zero-order valence-corrected chi connectivity index (χ0v) is 19.5. The summed E-state index contributed by atoms with van der Waals surface area (Å²) in [5.41, 5.74) is 1.76. The van der Waals surface area contributed by atoms with E-state index in [9.17, 15) is 4.79 Å². The van der Waals surface area contributed by atoms with Crippen molar-refractivity contribution in [3.05, 3.63) is 87.7 Å². The van der Waals surface area contributed by atoms with E-state index in [1.165, 1.54) is 17.3 Å². The van der Waals surface area contributed by atoms with Crippen LogP contribution in [0.2, 0.25) is 5.02 Å². The molecule has 0 aliphatic rings. The molecule has 6 nitrogen and oxygen atoms in total. The number of imidazole rings is 1. The minimum atomic E-state index is -0.0571. The van der Waals surface area contributed by atoms with Crippen molar-refractivity contribution in [3.63, 3.8) is 0 Å². The van der Waals surface area contributed by atoms with Crippen LogP contribution in [0.3, 0.4) is 0 Å². The molecule has 0 atom stereocenters. The van der Waals surface area contributed by atoms with Crippen molar-refractivity contribution >= 4 is 34.3 Å². The summed E-state index contributed by atoms with van der Waals surface area (Å²) in [7, 11) is 0. The fraction of sp³-hybridized carbons (Fsp3) is 0.292. The molecule has 0 N–H and O–H groups in total. The van der Waals surface area contributed by atoms with Gasteiger partial charge in [-0.05, 0) is 37.1 Å². The average Bonchev–Trinajstić information content (AvgIpc) is 3.24. The molecule has 0 spiro atoms. The lowest BCUT2D eigenvalue weighted by Gasteiger charge is -2.14. The number of aromatic nitrogens is 4. The molecule has 0 fully saturated rings. The molecule has 0 amide bonds. The first-order valence-corrected chi connectivity index (χ1v) is 12.0. The summed E-state index contributed by atoms with van der Waals surface area (Å²) in [4.78, 5) is 22.5. The summed E-state index contributed by atoms with van der Waals surface area (Å²) in [5, 5.41) is 1.80. The topological polar surface area (TPSA) is 61.9 Å². The number of nitrogens with zero attached hydrogens (tertiary/aromatic N) is 4. The largest absolute Gasteiger partial charge is 0.382 e. The van der Waals surface area contributed by atoms with E-state index in [0.717, 1.165) is 18.8 Å². The number of hydrogen-bond acceptors (Lipinski definition) is 5. The van der Waals surface area contributed by atoms with Crippen LogP contribution in [0.4, 0.5) is 0 Å². The van der Waals surface area contributed by atoms with Gasteiger partial charge >= 0.3 is 0 Å². The average molecular weight is 469 g/mol. The molecule has 0 saturated carbocycles. The summed E-state index contributed by atoms with van der Waals surface area (Å²) in [6, 6.07) is 15.5. The molecule has 4 aromatic rings. The normalized spacial score (nSPS) is 11.3. The second-order valence-corrected chi connectivity index (χ2v) is 8.69. The van der Waals surface area contributed by atoms with Crippen LogP contribution in [-0.2, 0) is 23.6 Å². The van der Waals surface area contributed by atoms with E-state index in [1.807, 2.05) is 37.5 Å². The van der Waals surface area contributed by atoms with Gasteiger partial charge in [-0.3, -0.25) is 9.36 Å². The van der Waals surface area contributed by atoms with Crippen LogP contribution in [-0.4, -0.2) is 32.3 Å². The molecule has 166 valence electrons. The van der Waals surface area contributed by atoms with Gasteiger partial charge in [-0.2, -0.15) is 0 Å². The van der Waals surface area contributed by atoms with Crippen LogP contribution in [0, 0.1) is 0 Å². The number of benzene rings is 2. The van der Waals surface area contributed by atoms with Gasteiger partial charge in [0.2, 0.25) is 0 Å². The first-order chi connectivity index (χ1) is 15.7. The maximum atomic E-state index is 13.2. The molecule has 2 heterocycles. The quantitative estimate of drug-likeness (QED) is 0.186. The highest BCUT2D eigenvalue weighted by Crippen LogP contribution is 2.23. The van der Waals surface area contributed by atoms with Crippen molar-refractivity contribution < 1.29 is 4.74 Å². The molecule has 0 aliphatic heterocycles. The smallest absolute Gasteiger partial charge is 0.262 e. The Kier molecular flexibility index (Phi) is 7.63. The second-order valence-electron chi connectivity index (χ2n) is 7.31. The number of thioether (sulfide) groups is 1. The number of fused-ring (bicyclic) bond motifs is 1. The van der Waals surface area contributed by atoms with Crippen LogP contribution in [0.5, 0.6) is 0 Å². The number of halogens is 1. The molecule has 2 aromatic heterocycles. The summed E-state index contributed by atoms with van der Waals surface area (Å²) < 4.78 is 9.32. The minimum absolute atomic E-state index is 0.0571. The predicted molar refractivity (Wildman–Crippen MR) is 129 cm³/mol. The highest BCUT2D eigenvalue weighted by atomic mass is 35.5. The van der Waals surface area contributed by atoms with E-state index in [4.69, 9.17) is 21.3 Å². The fourth-order valence-electron chi connectivity index (χ4n) is 3.48. The maximum Gasteiger partial charge on any atom is 0.262 e. The third-order valence-electron chi connectivity index (χ3n) is 5.08. The van der Waals surface area contributed by atoms with E-state index in [1.54, 1.807) is 22.8 Å². The van der Waals surface area contributed by atoms with Crippen molar-refractivity contribution in [1.29, 1.82) is 0 Å². The molecule has 8 heteroatoms. The Labute approximate surface area is 196 Å². The van der Waals surface area contributed by atoms with E-state index < -0.39 is 0 Å². The zero-order chi connectivity index (χ0) is 22.3. The Hall–Kier alpha value is -2.61. The van der Waals surface area contributed by atoms with Gasteiger partial charge in [0.25, 0.3) is 5.56 Å². The van der Waals surface area contributed by atoms with Crippen LogP contribution in [0.15, 0.2) is 70.9 Å². The number of ether oxygens (including phenoxy) is 1. The van der Waals surface area contributed by atoms with E-state index in [2.05, 4.69) is 21.7 Å². The number of rotatable bonds is 10. The van der Waals surface area contributed by atoms with Crippen molar-refractivity contribution in [3.8, 4) is 0 Å².